The summed E-state index contributed by atoms with van der Waals surface area (Å²) in [6.07, 6.45) is 2.50. The van der Waals surface area contributed by atoms with Crippen molar-refractivity contribution >= 4 is 76.1 Å². The number of carbonyl (C=O) groups is 2. The van der Waals surface area contributed by atoms with Crippen molar-refractivity contribution in [2.45, 2.75) is 21.6 Å². The number of hydrogen-bond donors (Lipinski definition) is 1. The molecule has 1 fully saturated rings. The van der Waals surface area contributed by atoms with Gasteiger partial charge in [-0.25, -0.2) is 9.69 Å². The fourth-order valence-corrected chi connectivity index (χ4v) is 7.42. The number of nitrogens with zero attached hydrogens (tertiary/aromatic N) is 2. The summed E-state index contributed by atoms with van der Waals surface area (Å²) < 4.78 is 0. The molecule has 206 valence electrons. The highest BCUT2D eigenvalue weighted by molar-refractivity contribution is 8.04. The van der Waals surface area contributed by atoms with Crippen LogP contribution in [0.2, 0.25) is 10.0 Å². The number of amides is 3. The highest BCUT2D eigenvalue weighted by Crippen LogP contribution is 2.48. The molecule has 1 atom stereocenters. The Bertz CT molecular complexity index is 1580. The van der Waals surface area contributed by atoms with E-state index in [-0.39, 0.29) is 5.91 Å². The maximum atomic E-state index is 13.5. The van der Waals surface area contributed by atoms with E-state index in [2.05, 4.69) is 46.6 Å². The molecule has 5 nitrogen and oxygen atoms in total. The standard InChI is InChI=1S/C32H25Cl2N3O2S2/c33-23-14-10-21(11-15-23)20-29-30(38)37(31(41-29)22-12-16-24(34)17-13-22)32(39)35-18-5-19-36-25-6-1-3-8-27(25)40-28-9-4-2-7-26(28)36/h1-4,6-17,20,31H,5,18-19H2,(H,35,39)/b29-20+. The van der Waals surface area contributed by atoms with Gasteiger partial charge in [-0.15, -0.1) is 0 Å². The Balaban J connectivity index is 1.17. The largest absolute Gasteiger partial charge is 0.340 e. The molecular weight excluding hydrogens is 593 g/mol. The van der Waals surface area contributed by atoms with E-state index in [4.69, 9.17) is 23.2 Å². The van der Waals surface area contributed by atoms with E-state index in [0.717, 1.165) is 29.0 Å². The SMILES string of the molecule is O=C(NCCCN1c2ccccc2Sc2ccccc21)N1C(=O)/C(=C\c2ccc(Cl)cc2)SC1c1ccc(Cl)cc1. The Kier molecular flexibility index (Phi) is 8.30. The molecule has 0 radical (unpaired) electrons. The fraction of sp³-hybridized carbons (Fsp3) is 0.125. The number of fused-ring (bicyclic) bond motifs is 2. The van der Waals surface area contributed by atoms with Gasteiger partial charge in [-0.1, -0.05) is 95.3 Å². The molecule has 1 unspecified atom stereocenters. The van der Waals surface area contributed by atoms with Gasteiger partial charge in [-0.2, -0.15) is 0 Å². The van der Waals surface area contributed by atoms with E-state index in [1.54, 1.807) is 42.1 Å². The lowest BCUT2D eigenvalue weighted by molar-refractivity contribution is -0.123. The second kappa shape index (κ2) is 12.2. The van der Waals surface area contributed by atoms with Gasteiger partial charge >= 0.3 is 6.03 Å². The first-order chi connectivity index (χ1) is 20.0. The monoisotopic (exact) mass is 617 g/mol. The minimum Gasteiger partial charge on any atom is -0.340 e. The summed E-state index contributed by atoms with van der Waals surface area (Å²) >= 11 is 15.3. The smallest absolute Gasteiger partial charge is 0.325 e. The summed E-state index contributed by atoms with van der Waals surface area (Å²) in [7, 11) is 0. The van der Waals surface area contributed by atoms with Gasteiger partial charge in [0.25, 0.3) is 5.91 Å². The van der Waals surface area contributed by atoms with Crippen LogP contribution in [-0.4, -0.2) is 29.9 Å². The van der Waals surface area contributed by atoms with Crippen LogP contribution in [0.25, 0.3) is 6.08 Å². The summed E-state index contributed by atoms with van der Waals surface area (Å²) in [6.45, 7) is 1.14. The van der Waals surface area contributed by atoms with Gasteiger partial charge in [0.15, 0.2) is 0 Å². The van der Waals surface area contributed by atoms with Gasteiger partial charge in [0, 0.05) is 32.9 Å². The zero-order valence-corrected chi connectivity index (χ0v) is 24.9. The number of anilines is 2. The molecule has 0 bridgehead atoms. The van der Waals surface area contributed by atoms with E-state index in [0.29, 0.717) is 27.9 Å². The van der Waals surface area contributed by atoms with Crippen molar-refractivity contribution in [3.8, 4) is 0 Å². The molecule has 3 amide bonds. The average molecular weight is 619 g/mol. The number of halogens is 2. The normalized spacial score (nSPS) is 17.0. The second-order valence-electron chi connectivity index (χ2n) is 9.53. The Morgan fingerprint density at radius 2 is 1.41 bits per heavy atom. The van der Waals surface area contributed by atoms with Crippen molar-refractivity contribution in [2.24, 2.45) is 0 Å². The number of rotatable bonds is 6. The molecule has 6 rings (SSSR count). The van der Waals surface area contributed by atoms with Crippen LogP contribution in [0.15, 0.2) is 112 Å². The number of carbonyl (C=O) groups excluding carboxylic acids is 2. The highest BCUT2D eigenvalue weighted by Gasteiger charge is 2.41. The molecule has 1 saturated heterocycles. The second-order valence-corrected chi connectivity index (χ2v) is 12.6. The first kappa shape index (κ1) is 27.8. The molecule has 2 aliphatic rings. The first-order valence-corrected chi connectivity index (χ1v) is 15.6. The van der Waals surface area contributed by atoms with Gasteiger partial charge in [0.05, 0.1) is 16.3 Å². The van der Waals surface area contributed by atoms with E-state index < -0.39 is 11.4 Å². The zero-order chi connectivity index (χ0) is 28.3. The summed E-state index contributed by atoms with van der Waals surface area (Å²) in [4.78, 5) is 33.5. The van der Waals surface area contributed by atoms with E-state index in [9.17, 15) is 9.59 Å². The first-order valence-electron chi connectivity index (χ1n) is 13.1. The third-order valence-corrected chi connectivity index (χ3v) is 9.70. The molecule has 1 N–H and O–H groups in total. The molecule has 41 heavy (non-hydrogen) atoms. The lowest BCUT2D eigenvalue weighted by Crippen LogP contribution is -2.42. The van der Waals surface area contributed by atoms with Crippen molar-refractivity contribution in [3.63, 3.8) is 0 Å². The van der Waals surface area contributed by atoms with Gasteiger partial charge < -0.3 is 10.2 Å². The third-order valence-electron chi connectivity index (χ3n) is 6.81. The molecular formula is C32H25Cl2N3O2S2. The molecule has 9 heteroatoms. The third kappa shape index (κ3) is 5.99. The summed E-state index contributed by atoms with van der Waals surface area (Å²) in [5.74, 6) is -0.335. The minimum absolute atomic E-state index is 0.335. The van der Waals surface area contributed by atoms with Crippen molar-refractivity contribution in [2.75, 3.05) is 18.0 Å². The molecule has 0 aliphatic carbocycles. The van der Waals surface area contributed by atoms with Crippen LogP contribution in [0, 0.1) is 0 Å². The molecule has 0 spiro atoms. The van der Waals surface area contributed by atoms with E-state index >= 15 is 0 Å². The van der Waals surface area contributed by atoms with Crippen LogP contribution < -0.4 is 10.2 Å². The topological polar surface area (TPSA) is 52.7 Å². The average Bonchev–Trinajstić information content (AvgIpc) is 3.31. The summed E-state index contributed by atoms with van der Waals surface area (Å²) in [5.41, 5.74) is 3.98. The van der Waals surface area contributed by atoms with E-state index in [1.807, 2.05) is 36.4 Å². The lowest BCUT2D eigenvalue weighted by atomic mass is 10.2. The maximum absolute atomic E-state index is 13.5. The fourth-order valence-electron chi connectivity index (χ4n) is 4.84. The van der Waals surface area contributed by atoms with Crippen molar-refractivity contribution < 1.29 is 9.59 Å². The van der Waals surface area contributed by atoms with Crippen molar-refractivity contribution in [1.82, 2.24) is 10.2 Å². The highest BCUT2D eigenvalue weighted by atomic mass is 35.5. The van der Waals surface area contributed by atoms with Crippen LogP contribution in [0.5, 0.6) is 0 Å². The van der Waals surface area contributed by atoms with Crippen LogP contribution in [0.1, 0.15) is 22.9 Å². The Morgan fingerprint density at radius 3 is 2.05 bits per heavy atom. The quantitative estimate of drug-likeness (QED) is 0.173. The predicted molar refractivity (Wildman–Crippen MR) is 170 cm³/mol. The Labute approximate surface area is 257 Å². The van der Waals surface area contributed by atoms with Gasteiger partial charge in [-0.3, -0.25) is 4.79 Å². The molecule has 4 aromatic rings. The minimum atomic E-state index is -0.504. The van der Waals surface area contributed by atoms with Crippen molar-refractivity contribution in [3.05, 3.63) is 123 Å². The van der Waals surface area contributed by atoms with Gasteiger partial charge in [0.1, 0.15) is 5.37 Å². The zero-order valence-electron chi connectivity index (χ0n) is 21.8. The maximum Gasteiger partial charge on any atom is 0.325 e. The van der Waals surface area contributed by atoms with Gasteiger partial charge in [-0.05, 0) is 72.2 Å². The lowest BCUT2D eigenvalue weighted by Gasteiger charge is -2.32. The number of benzene rings is 4. The number of thioether (sulfide) groups is 1. The number of para-hydroxylation sites is 2. The number of imide groups is 1. The summed E-state index contributed by atoms with van der Waals surface area (Å²) in [5, 5.41) is 3.70. The molecule has 0 saturated carbocycles. The number of nitrogens with one attached hydrogen (secondary N) is 1. The molecule has 2 heterocycles. The molecule has 0 aromatic heterocycles. The number of hydrogen-bond acceptors (Lipinski definition) is 5. The Morgan fingerprint density at radius 1 is 0.829 bits per heavy atom. The van der Waals surface area contributed by atoms with Gasteiger partial charge in [0.2, 0.25) is 0 Å². The van der Waals surface area contributed by atoms with Crippen LogP contribution in [0.3, 0.4) is 0 Å². The molecule has 2 aliphatic heterocycles. The van der Waals surface area contributed by atoms with E-state index in [1.165, 1.54) is 26.5 Å². The predicted octanol–water partition coefficient (Wildman–Crippen LogP) is 9.01. The Hall–Kier alpha value is -3.36. The van der Waals surface area contributed by atoms with Crippen molar-refractivity contribution in [1.29, 1.82) is 0 Å². The summed E-state index contributed by atoms with van der Waals surface area (Å²) in [6, 6.07) is 30.8. The van der Waals surface area contributed by atoms with Crippen LogP contribution in [-0.2, 0) is 4.79 Å². The number of urea groups is 1. The van der Waals surface area contributed by atoms with Crippen LogP contribution >= 0.6 is 46.7 Å². The molecule has 4 aromatic carbocycles. The van der Waals surface area contributed by atoms with Crippen LogP contribution in [0.4, 0.5) is 16.2 Å².